The van der Waals surface area contributed by atoms with Gasteiger partial charge in [-0.15, -0.1) is 0 Å². The van der Waals surface area contributed by atoms with Crippen LogP contribution in [0.2, 0.25) is 0 Å². The van der Waals surface area contributed by atoms with Gasteiger partial charge in [0.25, 0.3) is 0 Å². The molecule has 0 bridgehead atoms. The molecule has 0 heterocycles. The largest absolute Gasteiger partial charge is 0.444 e. The lowest BCUT2D eigenvalue weighted by Crippen LogP contribution is -2.48. The average Bonchev–Trinajstić information content (AvgIpc) is 3.07. The number of carbonyl (C=O) groups is 1. The van der Waals surface area contributed by atoms with E-state index in [4.69, 9.17) is 9.47 Å². The smallest absolute Gasteiger partial charge is 0.410 e. The van der Waals surface area contributed by atoms with Gasteiger partial charge in [-0.1, -0.05) is 0 Å². The molecule has 0 saturated heterocycles. The van der Waals surface area contributed by atoms with Crippen molar-refractivity contribution < 1.29 is 14.3 Å². The summed E-state index contributed by atoms with van der Waals surface area (Å²) in [4.78, 5) is 14.0. The second kappa shape index (κ2) is 6.31. The van der Waals surface area contributed by atoms with Crippen LogP contribution in [-0.4, -0.2) is 55.0 Å². The first kappa shape index (κ1) is 15.6. The molecule has 1 amide bonds. The fourth-order valence-corrected chi connectivity index (χ4v) is 2.44. The molecule has 0 spiro atoms. The Morgan fingerprint density at radius 3 is 2.45 bits per heavy atom. The number of carbonyl (C=O) groups excluding carboxylic acids is 1. The summed E-state index contributed by atoms with van der Waals surface area (Å²) in [6, 6.07) is 0.930. The summed E-state index contributed by atoms with van der Waals surface area (Å²) in [7, 11) is 1.76. The van der Waals surface area contributed by atoms with Gasteiger partial charge in [-0.05, 0) is 46.5 Å². The lowest BCUT2D eigenvalue weighted by atomic mass is 9.89. The third-order valence-electron chi connectivity index (χ3n) is 3.83. The van der Waals surface area contributed by atoms with E-state index < -0.39 is 5.60 Å². The highest BCUT2D eigenvalue weighted by molar-refractivity contribution is 5.69. The molecule has 1 N–H and O–H groups in total. The number of nitrogens with one attached hydrogen (secondary N) is 1. The van der Waals surface area contributed by atoms with Crippen LogP contribution in [-0.2, 0) is 9.47 Å². The Morgan fingerprint density at radius 1 is 1.30 bits per heavy atom. The van der Waals surface area contributed by atoms with Crippen molar-refractivity contribution in [3.63, 3.8) is 0 Å². The fraction of sp³-hybridized carbons (Fsp3) is 0.933. The molecule has 20 heavy (non-hydrogen) atoms. The molecule has 2 fully saturated rings. The molecule has 2 saturated carbocycles. The van der Waals surface area contributed by atoms with Crippen molar-refractivity contribution in [2.24, 2.45) is 0 Å². The van der Waals surface area contributed by atoms with E-state index in [1.165, 1.54) is 0 Å². The molecule has 2 aliphatic carbocycles. The summed E-state index contributed by atoms with van der Waals surface area (Å²) in [5, 5.41) is 3.48. The SMILES string of the molecule is COC1CC(NCCN(C(=O)OC(C)(C)C)C2CC2)C1. The van der Waals surface area contributed by atoms with Crippen molar-refractivity contribution in [2.75, 3.05) is 20.2 Å². The second-order valence-corrected chi connectivity index (χ2v) is 6.89. The zero-order chi connectivity index (χ0) is 14.8. The van der Waals surface area contributed by atoms with E-state index in [-0.39, 0.29) is 6.09 Å². The molecule has 0 atom stereocenters. The summed E-state index contributed by atoms with van der Waals surface area (Å²) in [5.41, 5.74) is -0.419. The van der Waals surface area contributed by atoms with Crippen molar-refractivity contribution >= 4 is 6.09 Å². The van der Waals surface area contributed by atoms with Gasteiger partial charge in [0.2, 0.25) is 0 Å². The number of methoxy groups -OCH3 is 1. The summed E-state index contributed by atoms with van der Waals surface area (Å²) >= 11 is 0. The van der Waals surface area contributed by atoms with E-state index in [0.717, 1.165) is 38.8 Å². The Hall–Kier alpha value is -0.810. The van der Waals surface area contributed by atoms with E-state index in [1.807, 2.05) is 25.7 Å². The van der Waals surface area contributed by atoms with Crippen LogP contribution in [0.3, 0.4) is 0 Å². The first-order valence-corrected chi connectivity index (χ1v) is 7.65. The summed E-state index contributed by atoms with van der Waals surface area (Å²) in [5.74, 6) is 0. The predicted molar refractivity (Wildman–Crippen MR) is 77.8 cm³/mol. The quantitative estimate of drug-likeness (QED) is 0.812. The van der Waals surface area contributed by atoms with E-state index >= 15 is 0 Å². The van der Waals surface area contributed by atoms with Gasteiger partial charge in [0, 0.05) is 32.3 Å². The maximum atomic E-state index is 12.2. The number of ether oxygens (including phenoxy) is 2. The highest BCUT2D eigenvalue weighted by atomic mass is 16.6. The lowest BCUT2D eigenvalue weighted by molar-refractivity contribution is 0.0129. The Kier molecular flexibility index (Phi) is 4.91. The number of hydrogen-bond donors (Lipinski definition) is 1. The second-order valence-electron chi connectivity index (χ2n) is 6.89. The molecule has 0 aromatic carbocycles. The molecule has 2 rings (SSSR count). The van der Waals surface area contributed by atoms with Crippen molar-refractivity contribution in [3.8, 4) is 0 Å². The van der Waals surface area contributed by atoms with Crippen molar-refractivity contribution in [3.05, 3.63) is 0 Å². The van der Waals surface area contributed by atoms with Crippen molar-refractivity contribution in [2.45, 2.75) is 70.2 Å². The van der Waals surface area contributed by atoms with E-state index in [2.05, 4.69) is 5.32 Å². The summed E-state index contributed by atoms with van der Waals surface area (Å²) in [6.07, 6.45) is 4.60. The molecule has 2 aliphatic rings. The third kappa shape index (κ3) is 4.63. The van der Waals surface area contributed by atoms with E-state index in [9.17, 15) is 4.79 Å². The third-order valence-corrected chi connectivity index (χ3v) is 3.83. The van der Waals surface area contributed by atoms with Crippen LogP contribution < -0.4 is 5.32 Å². The molecule has 5 heteroatoms. The van der Waals surface area contributed by atoms with Crippen LogP contribution in [0.4, 0.5) is 4.79 Å². The first-order chi connectivity index (χ1) is 9.39. The molecule has 0 unspecified atom stereocenters. The first-order valence-electron chi connectivity index (χ1n) is 7.65. The van der Waals surface area contributed by atoms with Crippen molar-refractivity contribution in [1.29, 1.82) is 0 Å². The number of amides is 1. The highest BCUT2D eigenvalue weighted by Crippen LogP contribution is 2.28. The molecular formula is C15H28N2O3. The Bertz CT molecular complexity index is 331. The van der Waals surface area contributed by atoms with Gasteiger partial charge >= 0.3 is 6.09 Å². The van der Waals surface area contributed by atoms with Gasteiger partial charge in [-0.3, -0.25) is 0 Å². The Labute approximate surface area is 122 Å². The predicted octanol–water partition coefficient (Wildman–Crippen LogP) is 2.15. The zero-order valence-electron chi connectivity index (χ0n) is 13.1. The lowest BCUT2D eigenvalue weighted by Gasteiger charge is -2.35. The summed E-state index contributed by atoms with van der Waals surface area (Å²) in [6.45, 7) is 7.29. The standard InChI is InChI=1S/C15H28N2O3/c1-15(2,3)20-14(18)17(12-5-6-12)8-7-16-11-9-13(10-11)19-4/h11-13,16H,5-10H2,1-4H3. The van der Waals surface area contributed by atoms with Gasteiger partial charge in [0.1, 0.15) is 5.60 Å². The molecule has 0 aromatic heterocycles. The minimum absolute atomic E-state index is 0.176. The van der Waals surface area contributed by atoms with Gasteiger partial charge in [0.05, 0.1) is 6.10 Å². The monoisotopic (exact) mass is 284 g/mol. The Morgan fingerprint density at radius 2 is 1.95 bits per heavy atom. The zero-order valence-corrected chi connectivity index (χ0v) is 13.1. The normalized spacial score (nSPS) is 26.0. The topological polar surface area (TPSA) is 50.8 Å². The minimum atomic E-state index is -0.419. The van der Waals surface area contributed by atoms with Gasteiger partial charge in [0.15, 0.2) is 0 Å². The Balaban J connectivity index is 1.69. The molecule has 0 aliphatic heterocycles. The van der Waals surface area contributed by atoms with Crippen LogP contribution in [0.5, 0.6) is 0 Å². The van der Waals surface area contributed by atoms with Gasteiger partial charge in [-0.25, -0.2) is 4.79 Å². The van der Waals surface area contributed by atoms with E-state index in [1.54, 1.807) is 7.11 Å². The molecule has 0 radical (unpaired) electrons. The maximum absolute atomic E-state index is 12.2. The number of hydrogen-bond acceptors (Lipinski definition) is 4. The van der Waals surface area contributed by atoms with Crippen LogP contribution in [0.25, 0.3) is 0 Å². The summed E-state index contributed by atoms with van der Waals surface area (Å²) < 4.78 is 10.7. The minimum Gasteiger partial charge on any atom is -0.444 e. The molecule has 5 nitrogen and oxygen atoms in total. The number of rotatable bonds is 6. The average molecular weight is 284 g/mol. The van der Waals surface area contributed by atoms with Crippen LogP contribution >= 0.6 is 0 Å². The molecule has 0 aromatic rings. The highest BCUT2D eigenvalue weighted by Gasteiger charge is 2.35. The van der Waals surface area contributed by atoms with Crippen LogP contribution in [0, 0.1) is 0 Å². The maximum Gasteiger partial charge on any atom is 0.410 e. The number of nitrogens with zero attached hydrogens (tertiary/aromatic N) is 1. The van der Waals surface area contributed by atoms with Crippen molar-refractivity contribution in [1.82, 2.24) is 10.2 Å². The fourth-order valence-electron chi connectivity index (χ4n) is 2.44. The van der Waals surface area contributed by atoms with Gasteiger partial charge < -0.3 is 19.7 Å². The van der Waals surface area contributed by atoms with E-state index in [0.29, 0.717) is 18.2 Å². The molecule has 116 valence electrons. The molecular weight excluding hydrogens is 256 g/mol. The van der Waals surface area contributed by atoms with Crippen LogP contribution in [0.15, 0.2) is 0 Å². The van der Waals surface area contributed by atoms with Crippen LogP contribution in [0.1, 0.15) is 46.5 Å². The van der Waals surface area contributed by atoms with Gasteiger partial charge in [-0.2, -0.15) is 0 Å².